The molecule has 0 aliphatic carbocycles. The van der Waals surface area contributed by atoms with Gasteiger partial charge in [-0.15, -0.1) is 0 Å². The zero-order valence-electron chi connectivity index (χ0n) is 12.6. The van der Waals surface area contributed by atoms with Crippen LogP contribution >= 0.6 is 0 Å². The number of fused-ring (bicyclic) bond motifs is 3. The maximum absolute atomic E-state index is 12.1. The molecule has 4 rings (SSSR count). The van der Waals surface area contributed by atoms with E-state index in [-0.39, 0.29) is 5.97 Å². The molecule has 4 heteroatoms. The summed E-state index contributed by atoms with van der Waals surface area (Å²) in [6, 6.07) is 18.0. The van der Waals surface area contributed by atoms with Crippen molar-refractivity contribution in [1.82, 2.24) is 9.55 Å². The van der Waals surface area contributed by atoms with E-state index in [1.54, 1.807) is 18.5 Å². The topological polar surface area (TPSA) is 44.1 Å². The van der Waals surface area contributed by atoms with Crippen molar-refractivity contribution in [2.24, 2.45) is 0 Å². The maximum Gasteiger partial charge on any atom is 0.340 e. The predicted octanol–water partition coefficient (Wildman–Crippen LogP) is 3.97. The molecule has 4 aromatic rings. The number of rotatable bonds is 2. The van der Waals surface area contributed by atoms with E-state index in [1.165, 1.54) is 7.11 Å². The van der Waals surface area contributed by atoms with Crippen LogP contribution in [0.5, 0.6) is 0 Å². The number of hydrogen-bond acceptors (Lipinski definition) is 3. The van der Waals surface area contributed by atoms with Crippen molar-refractivity contribution >= 4 is 27.8 Å². The van der Waals surface area contributed by atoms with E-state index in [0.29, 0.717) is 5.56 Å². The molecule has 0 fully saturated rings. The van der Waals surface area contributed by atoms with Crippen molar-refractivity contribution in [2.45, 2.75) is 0 Å². The smallest absolute Gasteiger partial charge is 0.340 e. The van der Waals surface area contributed by atoms with Crippen LogP contribution in [0.2, 0.25) is 0 Å². The van der Waals surface area contributed by atoms with E-state index in [1.807, 2.05) is 36.4 Å². The van der Waals surface area contributed by atoms with Gasteiger partial charge < -0.3 is 9.30 Å². The Morgan fingerprint density at radius 3 is 2.17 bits per heavy atom. The summed E-state index contributed by atoms with van der Waals surface area (Å²) in [6.45, 7) is 0. The molecule has 0 atom stereocenters. The molecule has 0 aliphatic heterocycles. The molecule has 0 N–H and O–H groups in total. The molecule has 0 unspecified atom stereocenters. The van der Waals surface area contributed by atoms with Gasteiger partial charge in [-0.1, -0.05) is 36.4 Å². The van der Waals surface area contributed by atoms with Crippen LogP contribution in [0.25, 0.3) is 27.5 Å². The van der Waals surface area contributed by atoms with E-state index < -0.39 is 0 Å². The Kier molecular flexibility index (Phi) is 3.08. The first-order valence-electron chi connectivity index (χ1n) is 7.32. The highest BCUT2D eigenvalue weighted by atomic mass is 16.5. The summed E-state index contributed by atoms with van der Waals surface area (Å²) in [4.78, 5) is 16.3. The van der Waals surface area contributed by atoms with Crippen LogP contribution in [0.15, 0.2) is 67.0 Å². The Hall–Kier alpha value is -3.14. The van der Waals surface area contributed by atoms with Crippen LogP contribution < -0.4 is 0 Å². The van der Waals surface area contributed by atoms with Gasteiger partial charge in [0.1, 0.15) is 0 Å². The van der Waals surface area contributed by atoms with Crippen LogP contribution in [-0.4, -0.2) is 22.6 Å². The monoisotopic (exact) mass is 302 g/mol. The molecule has 0 radical (unpaired) electrons. The van der Waals surface area contributed by atoms with Crippen molar-refractivity contribution in [3.63, 3.8) is 0 Å². The van der Waals surface area contributed by atoms with Gasteiger partial charge in [-0.2, -0.15) is 0 Å². The number of carbonyl (C=O) groups excluding carboxylic acids is 1. The number of hydrogen-bond donors (Lipinski definition) is 0. The number of aromatic nitrogens is 2. The second kappa shape index (κ2) is 5.25. The first-order chi connectivity index (χ1) is 11.3. The van der Waals surface area contributed by atoms with Crippen molar-refractivity contribution in [3.8, 4) is 5.69 Å². The Bertz CT molecular complexity index is 981. The van der Waals surface area contributed by atoms with Gasteiger partial charge in [-0.05, 0) is 18.2 Å². The Labute approximate surface area is 132 Å². The number of para-hydroxylation sites is 2. The second-order valence-electron chi connectivity index (χ2n) is 5.25. The zero-order valence-corrected chi connectivity index (χ0v) is 12.6. The lowest BCUT2D eigenvalue weighted by atomic mass is 10.2. The summed E-state index contributed by atoms with van der Waals surface area (Å²) in [7, 11) is 1.39. The first-order valence-corrected chi connectivity index (χ1v) is 7.32. The van der Waals surface area contributed by atoms with Crippen LogP contribution in [0, 0.1) is 0 Å². The number of benzene rings is 2. The molecule has 0 spiro atoms. The fraction of sp³-hybridized carbons (Fsp3) is 0.0526. The highest BCUT2D eigenvalue weighted by Crippen LogP contribution is 2.32. The molecule has 0 saturated heterocycles. The van der Waals surface area contributed by atoms with E-state index in [0.717, 1.165) is 27.5 Å². The van der Waals surface area contributed by atoms with Gasteiger partial charge in [0.2, 0.25) is 0 Å². The fourth-order valence-electron chi connectivity index (χ4n) is 3.03. The molecular formula is C19H14N2O2. The minimum absolute atomic E-state index is 0.371. The summed E-state index contributed by atoms with van der Waals surface area (Å²) >= 11 is 0. The highest BCUT2D eigenvalue weighted by Gasteiger charge is 2.17. The second-order valence-corrected chi connectivity index (χ2v) is 5.25. The van der Waals surface area contributed by atoms with Gasteiger partial charge >= 0.3 is 5.97 Å². The van der Waals surface area contributed by atoms with Crippen LogP contribution in [0.3, 0.4) is 0 Å². The van der Waals surface area contributed by atoms with Gasteiger partial charge in [0.05, 0.1) is 35.6 Å². The summed E-state index contributed by atoms with van der Waals surface area (Å²) in [5.74, 6) is -0.371. The van der Waals surface area contributed by atoms with Crippen molar-refractivity contribution in [3.05, 3.63) is 72.6 Å². The molecule has 112 valence electrons. The van der Waals surface area contributed by atoms with Gasteiger partial charge in [0.25, 0.3) is 0 Å². The van der Waals surface area contributed by atoms with Gasteiger partial charge in [-0.25, -0.2) is 4.79 Å². The van der Waals surface area contributed by atoms with E-state index in [2.05, 4.69) is 21.7 Å². The summed E-state index contributed by atoms with van der Waals surface area (Å²) in [5.41, 5.74) is 3.28. The molecule has 0 amide bonds. The molecule has 0 bridgehead atoms. The molecule has 0 saturated carbocycles. The average molecular weight is 302 g/mol. The number of nitrogens with zero attached hydrogens (tertiary/aromatic N) is 2. The van der Waals surface area contributed by atoms with Crippen molar-refractivity contribution in [1.29, 1.82) is 0 Å². The van der Waals surface area contributed by atoms with E-state index in [4.69, 9.17) is 4.74 Å². The fourth-order valence-corrected chi connectivity index (χ4v) is 3.03. The Balaban J connectivity index is 2.16. The molecule has 23 heavy (non-hydrogen) atoms. The molecule has 2 aromatic heterocycles. The standard InChI is InChI=1S/C19H14N2O2/c1-23-19(22)15-10-11-20-12-18(15)21-16-8-4-2-6-13(16)14-7-3-5-9-17(14)21/h2-12H,1H3. The van der Waals surface area contributed by atoms with Gasteiger partial charge in [0, 0.05) is 17.0 Å². The number of ether oxygens (including phenoxy) is 1. The van der Waals surface area contributed by atoms with Crippen LogP contribution in [0.1, 0.15) is 10.4 Å². The van der Waals surface area contributed by atoms with Crippen LogP contribution in [0.4, 0.5) is 0 Å². The molecular weight excluding hydrogens is 288 g/mol. The van der Waals surface area contributed by atoms with Gasteiger partial charge in [0.15, 0.2) is 0 Å². The number of pyridine rings is 1. The normalized spacial score (nSPS) is 11.0. The van der Waals surface area contributed by atoms with Crippen molar-refractivity contribution in [2.75, 3.05) is 7.11 Å². The van der Waals surface area contributed by atoms with Gasteiger partial charge in [-0.3, -0.25) is 4.98 Å². The molecule has 0 aliphatic rings. The first kappa shape index (κ1) is 13.5. The third-order valence-electron chi connectivity index (χ3n) is 4.03. The maximum atomic E-state index is 12.1. The predicted molar refractivity (Wildman–Crippen MR) is 89.9 cm³/mol. The highest BCUT2D eigenvalue weighted by molar-refractivity contribution is 6.10. The van der Waals surface area contributed by atoms with Crippen molar-refractivity contribution < 1.29 is 9.53 Å². The Morgan fingerprint density at radius 2 is 1.57 bits per heavy atom. The third kappa shape index (κ3) is 1.99. The zero-order chi connectivity index (χ0) is 15.8. The summed E-state index contributed by atoms with van der Waals surface area (Å²) in [6.07, 6.45) is 3.30. The van der Waals surface area contributed by atoms with E-state index >= 15 is 0 Å². The minimum atomic E-state index is -0.371. The lowest BCUT2D eigenvalue weighted by Gasteiger charge is -2.11. The minimum Gasteiger partial charge on any atom is -0.465 e. The molecule has 2 aromatic carbocycles. The lowest BCUT2D eigenvalue weighted by molar-refractivity contribution is 0.0600. The summed E-state index contributed by atoms with van der Waals surface area (Å²) in [5, 5.41) is 2.28. The van der Waals surface area contributed by atoms with Crippen LogP contribution in [-0.2, 0) is 4.74 Å². The Morgan fingerprint density at radius 1 is 0.957 bits per heavy atom. The largest absolute Gasteiger partial charge is 0.465 e. The SMILES string of the molecule is COC(=O)c1ccncc1-n1c2ccccc2c2ccccc21. The lowest BCUT2D eigenvalue weighted by Crippen LogP contribution is -2.08. The number of methoxy groups -OCH3 is 1. The number of carbonyl (C=O) groups is 1. The average Bonchev–Trinajstić information content (AvgIpc) is 2.95. The summed E-state index contributed by atoms with van der Waals surface area (Å²) < 4.78 is 6.98. The molecule has 4 nitrogen and oxygen atoms in total. The quantitative estimate of drug-likeness (QED) is 0.526. The number of esters is 1. The molecule has 2 heterocycles. The van der Waals surface area contributed by atoms with E-state index in [9.17, 15) is 4.79 Å². The third-order valence-corrected chi connectivity index (χ3v) is 4.03.